The first-order valence-corrected chi connectivity index (χ1v) is 5.12. The van der Waals surface area contributed by atoms with Crippen LogP contribution in [0.5, 0.6) is 0 Å². The number of alkyl halides is 2. The van der Waals surface area contributed by atoms with Crippen molar-refractivity contribution in [3.8, 4) is 0 Å². The Morgan fingerprint density at radius 2 is 2.13 bits per heavy atom. The second-order valence-corrected chi connectivity index (χ2v) is 4.28. The fourth-order valence-electron chi connectivity index (χ4n) is 2.15. The van der Waals surface area contributed by atoms with E-state index in [1.165, 1.54) is 4.90 Å². The largest absolute Gasteiger partial charge is 0.338 e. The van der Waals surface area contributed by atoms with Crippen molar-refractivity contribution in [1.29, 1.82) is 0 Å². The van der Waals surface area contributed by atoms with Gasteiger partial charge in [-0.05, 0) is 6.92 Å². The number of nitrogens with zero attached hydrogens (tertiary/aromatic N) is 1. The number of carbonyl (C=O) groups is 1. The molecule has 0 aliphatic carbocycles. The van der Waals surface area contributed by atoms with Crippen LogP contribution in [0, 0.1) is 5.41 Å². The maximum atomic E-state index is 13.6. The summed E-state index contributed by atoms with van der Waals surface area (Å²) >= 11 is 0. The lowest BCUT2D eigenvalue weighted by molar-refractivity contribution is -0.108. The zero-order valence-electron chi connectivity index (χ0n) is 8.65. The summed E-state index contributed by atoms with van der Waals surface area (Å²) < 4.78 is 27.3. The van der Waals surface area contributed by atoms with Gasteiger partial charge < -0.3 is 15.5 Å². The molecule has 4 nitrogen and oxygen atoms in total. The summed E-state index contributed by atoms with van der Waals surface area (Å²) in [6.07, 6.45) is 0. The van der Waals surface area contributed by atoms with Crippen molar-refractivity contribution in [2.24, 2.45) is 5.41 Å². The van der Waals surface area contributed by atoms with Gasteiger partial charge in [-0.3, -0.25) is 0 Å². The van der Waals surface area contributed by atoms with Gasteiger partial charge in [0.1, 0.15) is 0 Å². The molecule has 2 saturated heterocycles. The van der Waals surface area contributed by atoms with Crippen LogP contribution < -0.4 is 10.6 Å². The van der Waals surface area contributed by atoms with E-state index in [4.69, 9.17) is 0 Å². The molecule has 0 radical (unpaired) electrons. The van der Waals surface area contributed by atoms with E-state index in [-0.39, 0.29) is 12.6 Å². The Hall–Kier alpha value is -0.910. The van der Waals surface area contributed by atoms with Gasteiger partial charge in [0.2, 0.25) is 0 Å². The van der Waals surface area contributed by atoms with Crippen LogP contribution >= 0.6 is 0 Å². The van der Waals surface area contributed by atoms with Gasteiger partial charge in [0.15, 0.2) is 0 Å². The first kappa shape index (κ1) is 10.6. The maximum Gasteiger partial charge on any atom is 0.317 e. The Labute approximate surface area is 87.0 Å². The molecule has 2 aliphatic rings. The van der Waals surface area contributed by atoms with E-state index in [2.05, 4.69) is 10.6 Å². The predicted octanol–water partition coefficient (Wildman–Crippen LogP) is 0.256. The van der Waals surface area contributed by atoms with E-state index in [9.17, 15) is 13.6 Å². The number of nitrogens with one attached hydrogen (secondary N) is 2. The minimum Gasteiger partial charge on any atom is -0.338 e. The molecule has 0 aromatic carbocycles. The van der Waals surface area contributed by atoms with Gasteiger partial charge in [0, 0.05) is 26.2 Å². The molecule has 2 heterocycles. The lowest BCUT2D eigenvalue weighted by Crippen LogP contribution is -2.62. The predicted molar refractivity (Wildman–Crippen MR) is 50.9 cm³/mol. The van der Waals surface area contributed by atoms with Crippen molar-refractivity contribution in [3.63, 3.8) is 0 Å². The summed E-state index contributed by atoms with van der Waals surface area (Å²) in [6.45, 7) is 2.53. The van der Waals surface area contributed by atoms with Crippen LogP contribution in [-0.2, 0) is 0 Å². The highest BCUT2D eigenvalue weighted by Gasteiger charge is 2.63. The van der Waals surface area contributed by atoms with Gasteiger partial charge in [-0.2, -0.15) is 0 Å². The Bertz CT molecular complexity index is 279. The quantitative estimate of drug-likeness (QED) is 0.664. The summed E-state index contributed by atoms with van der Waals surface area (Å²) in [7, 11) is 0. The Balaban J connectivity index is 2.06. The van der Waals surface area contributed by atoms with E-state index < -0.39 is 17.9 Å². The van der Waals surface area contributed by atoms with E-state index in [1.54, 1.807) is 6.92 Å². The van der Waals surface area contributed by atoms with Crippen molar-refractivity contribution in [1.82, 2.24) is 15.5 Å². The number of carbonyl (C=O) groups excluding carboxylic acids is 1. The highest BCUT2D eigenvalue weighted by molar-refractivity contribution is 5.74. The van der Waals surface area contributed by atoms with Crippen molar-refractivity contribution < 1.29 is 13.6 Å². The van der Waals surface area contributed by atoms with Gasteiger partial charge in [-0.1, -0.05) is 0 Å². The van der Waals surface area contributed by atoms with E-state index in [0.717, 1.165) is 0 Å². The summed E-state index contributed by atoms with van der Waals surface area (Å²) in [6, 6.07) is -0.388. The first-order chi connectivity index (χ1) is 7.01. The Kier molecular flexibility index (Phi) is 2.33. The number of likely N-dealkylation sites (tertiary alicyclic amines) is 1. The molecule has 1 spiro atoms. The van der Waals surface area contributed by atoms with Crippen molar-refractivity contribution >= 4 is 6.03 Å². The molecule has 0 bridgehead atoms. The Morgan fingerprint density at radius 3 is 2.53 bits per heavy atom. The number of halogens is 2. The van der Waals surface area contributed by atoms with E-state index >= 15 is 0 Å². The molecule has 15 heavy (non-hydrogen) atoms. The molecule has 86 valence electrons. The van der Waals surface area contributed by atoms with Crippen LogP contribution in [0.4, 0.5) is 13.6 Å². The van der Waals surface area contributed by atoms with Crippen molar-refractivity contribution in [3.05, 3.63) is 0 Å². The van der Waals surface area contributed by atoms with E-state index in [0.29, 0.717) is 19.6 Å². The molecule has 0 saturated carbocycles. The highest BCUT2D eigenvalue weighted by atomic mass is 19.3. The molecule has 2 amide bonds. The van der Waals surface area contributed by atoms with Gasteiger partial charge in [0.25, 0.3) is 5.92 Å². The van der Waals surface area contributed by atoms with Crippen LogP contribution in [0.15, 0.2) is 0 Å². The van der Waals surface area contributed by atoms with Gasteiger partial charge in [-0.15, -0.1) is 0 Å². The maximum absolute atomic E-state index is 13.6. The van der Waals surface area contributed by atoms with Crippen LogP contribution in [0.25, 0.3) is 0 Å². The molecule has 0 aromatic heterocycles. The molecule has 0 atom stereocenters. The van der Waals surface area contributed by atoms with Crippen LogP contribution in [0.2, 0.25) is 0 Å². The minimum atomic E-state index is -2.76. The summed E-state index contributed by atoms with van der Waals surface area (Å²) in [4.78, 5) is 12.6. The van der Waals surface area contributed by atoms with Crippen LogP contribution in [0.3, 0.4) is 0 Å². The second-order valence-electron chi connectivity index (χ2n) is 4.28. The normalized spacial score (nSPS) is 26.5. The van der Waals surface area contributed by atoms with Crippen molar-refractivity contribution in [2.45, 2.75) is 12.8 Å². The monoisotopic (exact) mass is 219 g/mol. The fourth-order valence-corrected chi connectivity index (χ4v) is 2.15. The number of amides is 2. The SMILES string of the molecule is CCNC(=O)N1CC(F)(F)C2(CNC2)C1. The average molecular weight is 219 g/mol. The van der Waals surface area contributed by atoms with Gasteiger partial charge >= 0.3 is 6.03 Å². The summed E-state index contributed by atoms with van der Waals surface area (Å²) in [5, 5.41) is 5.40. The van der Waals surface area contributed by atoms with Crippen molar-refractivity contribution in [2.75, 3.05) is 32.7 Å². The second kappa shape index (κ2) is 3.30. The zero-order chi connectivity index (χ0) is 11.1. The lowest BCUT2D eigenvalue weighted by atomic mass is 9.78. The average Bonchev–Trinajstić information content (AvgIpc) is 2.36. The molecule has 0 aromatic rings. The number of hydrogen-bond acceptors (Lipinski definition) is 2. The highest BCUT2D eigenvalue weighted by Crippen LogP contribution is 2.46. The third-order valence-corrected chi connectivity index (χ3v) is 3.20. The van der Waals surface area contributed by atoms with Crippen LogP contribution in [0.1, 0.15) is 6.92 Å². The topological polar surface area (TPSA) is 44.4 Å². The zero-order valence-corrected chi connectivity index (χ0v) is 8.65. The molecule has 2 aliphatic heterocycles. The minimum absolute atomic E-state index is 0.152. The smallest absolute Gasteiger partial charge is 0.317 e. The molecule has 2 fully saturated rings. The molecule has 0 unspecified atom stereocenters. The van der Waals surface area contributed by atoms with E-state index in [1.807, 2.05) is 0 Å². The standard InChI is InChI=1S/C9H15F2N3O/c1-2-13-7(15)14-5-8(3-12-4-8)9(10,11)6-14/h12H,2-6H2,1H3,(H,13,15). The van der Waals surface area contributed by atoms with Crippen LogP contribution in [-0.4, -0.2) is 49.6 Å². The molecular formula is C9H15F2N3O. The Morgan fingerprint density at radius 1 is 1.47 bits per heavy atom. The molecule has 2 rings (SSSR count). The first-order valence-electron chi connectivity index (χ1n) is 5.12. The number of urea groups is 1. The molecular weight excluding hydrogens is 204 g/mol. The third kappa shape index (κ3) is 1.47. The summed E-state index contributed by atoms with van der Waals surface area (Å²) in [5.74, 6) is -2.76. The summed E-state index contributed by atoms with van der Waals surface area (Å²) in [5.41, 5.74) is -1.02. The fraction of sp³-hybridized carbons (Fsp3) is 0.889. The third-order valence-electron chi connectivity index (χ3n) is 3.20. The number of hydrogen-bond donors (Lipinski definition) is 2. The van der Waals surface area contributed by atoms with Gasteiger partial charge in [0.05, 0.1) is 12.0 Å². The molecule has 6 heteroatoms. The number of rotatable bonds is 1. The lowest BCUT2D eigenvalue weighted by Gasteiger charge is -2.42. The van der Waals surface area contributed by atoms with Gasteiger partial charge in [-0.25, -0.2) is 13.6 Å². The molecule has 2 N–H and O–H groups in total.